The Morgan fingerprint density at radius 1 is 1.56 bits per heavy atom. The first-order valence-electron chi connectivity index (χ1n) is 5.81. The Labute approximate surface area is 104 Å². The molecule has 0 saturated heterocycles. The number of H-pyrrole nitrogens is 1. The summed E-state index contributed by atoms with van der Waals surface area (Å²) in [5.74, 6) is -0.481. The summed E-state index contributed by atoms with van der Waals surface area (Å²) in [6, 6.07) is 3.58. The van der Waals surface area contributed by atoms with Gasteiger partial charge in [-0.2, -0.15) is 0 Å². The average molecular weight is 251 g/mol. The summed E-state index contributed by atoms with van der Waals surface area (Å²) in [6.07, 6.45) is 0.910. The molecule has 0 aliphatic heterocycles. The fourth-order valence-electron chi connectivity index (χ4n) is 1.82. The van der Waals surface area contributed by atoms with Gasteiger partial charge in [0.05, 0.1) is 23.5 Å². The van der Waals surface area contributed by atoms with Crippen LogP contribution in [0.2, 0.25) is 0 Å². The summed E-state index contributed by atoms with van der Waals surface area (Å²) >= 11 is 0. The van der Waals surface area contributed by atoms with Crippen LogP contribution >= 0.6 is 0 Å². The van der Waals surface area contributed by atoms with Crippen molar-refractivity contribution in [1.82, 2.24) is 4.98 Å². The summed E-state index contributed by atoms with van der Waals surface area (Å²) in [4.78, 5) is 13.7. The van der Waals surface area contributed by atoms with Crippen LogP contribution in [0.1, 0.15) is 13.3 Å². The van der Waals surface area contributed by atoms with Crippen molar-refractivity contribution in [3.63, 3.8) is 0 Å². The number of ether oxygens (including phenoxy) is 1. The van der Waals surface area contributed by atoms with Crippen LogP contribution in [-0.4, -0.2) is 24.7 Å². The van der Waals surface area contributed by atoms with Crippen LogP contribution in [0.5, 0.6) is 0 Å². The van der Waals surface area contributed by atoms with Gasteiger partial charge in [0.15, 0.2) is 5.58 Å². The van der Waals surface area contributed by atoms with Gasteiger partial charge in [-0.1, -0.05) is 6.92 Å². The highest BCUT2D eigenvalue weighted by atomic mass is 16.5. The maximum Gasteiger partial charge on any atom is 0.417 e. The summed E-state index contributed by atoms with van der Waals surface area (Å²) in [5, 5.41) is 3.29. The van der Waals surface area contributed by atoms with E-state index in [2.05, 4.69) is 17.2 Å². The Bertz CT molecular complexity index is 588. The first-order valence-corrected chi connectivity index (χ1v) is 5.81. The molecule has 0 radical (unpaired) electrons. The number of aromatic nitrogens is 1. The number of aromatic amines is 1. The van der Waals surface area contributed by atoms with E-state index in [1.54, 1.807) is 19.2 Å². The monoisotopic (exact) mass is 251 g/mol. The zero-order valence-electron chi connectivity index (χ0n) is 10.4. The van der Waals surface area contributed by atoms with Crippen molar-refractivity contribution in [3.05, 3.63) is 22.7 Å². The highest BCUT2D eigenvalue weighted by Gasteiger charge is 2.10. The molecule has 0 spiro atoms. The molecular weight excluding hydrogens is 234 g/mol. The van der Waals surface area contributed by atoms with Gasteiger partial charge in [-0.25, -0.2) is 4.79 Å². The largest absolute Gasteiger partial charge is 0.417 e. The van der Waals surface area contributed by atoms with Crippen molar-refractivity contribution in [3.8, 4) is 0 Å². The van der Waals surface area contributed by atoms with Crippen molar-refractivity contribution in [2.24, 2.45) is 0 Å². The minimum atomic E-state index is -0.481. The molecule has 0 aliphatic carbocycles. The fraction of sp³-hybridized carbons (Fsp3) is 0.417. The van der Waals surface area contributed by atoms with E-state index in [0.717, 1.165) is 12.1 Å². The van der Waals surface area contributed by atoms with Gasteiger partial charge in [-0.15, -0.1) is 0 Å². The summed E-state index contributed by atoms with van der Waals surface area (Å²) in [7, 11) is 1.66. The molecule has 1 unspecified atom stereocenters. The molecule has 1 aromatic heterocycles. The quantitative estimate of drug-likeness (QED) is 0.701. The highest BCUT2D eigenvalue weighted by Crippen LogP contribution is 2.25. The number of nitrogens with two attached hydrogens (primary N) is 1. The molecule has 0 amide bonds. The van der Waals surface area contributed by atoms with Crippen LogP contribution in [0, 0.1) is 0 Å². The van der Waals surface area contributed by atoms with E-state index in [4.69, 9.17) is 14.9 Å². The van der Waals surface area contributed by atoms with Gasteiger partial charge in [0.25, 0.3) is 0 Å². The minimum absolute atomic E-state index is 0.174. The minimum Gasteiger partial charge on any atom is -0.408 e. The predicted octanol–water partition coefficient (Wildman–Crippen LogP) is 1.54. The standard InChI is InChI=1S/C12H17N3O3/c1-3-7(6-17-2)14-9-5-10-11(4-8(9)13)18-12(16)15-10/h4-5,7,14H,3,6,13H2,1-2H3,(H,15,16). The van der Waals surface area contributed by atoms with E-state index >= 15 is 0 Å². The summed E-state index contributed by atoms with van der Waals surface area (Å²) in [5.41, 5.74) is 8.31. The SMILES string of the molecule is CCC(COC)Nc1cc2[nH]c(=O)oc2cc1N. The second-order valence-corrected chi connectivity index (χ2v) is 4.15. The Balaban J connectivity index is 2.31. The third kappa shape index (κ3) is 2.48. The molecule has 1 atom stereocenters. The molecular formula is C12H17N3O3. The molecule has 18 heavy (non-hydrogen) atoms. The number of rotatable bonds is 5. The van der Waals surface area contributed by atoms with Crippen molar-refractivity contribution in [2.75, 3.05) is 24.8 Å². The van der Waals surface area contributed by atoms with E-state index in [0.29, 0.717) is 23.4 Å². The number of hydrogen-bond donors (Lipinski definition) is 3. The second-order valence-electron chi connectivity index (χ2n) is 4.15. The van der Waals surface area contributed by atoms with Crippen LogP contribution in [0.3, 0.4) is 0 Å². The molecule has 0 aliphatic rings. The topological polar surface area (TPSA) is 93.3 Å². The lowest BCUT2D eigenvalue weighted by atomic mass is 10.2. The van der Waals surface area contributed by atoms with Crippen LogP contribution in [-0.2, 0) is 4.74 Å². The van der Waals surface area contributed by atoms with Gasteiger partial charge in [0, 0.05) is 19.2 Å². The third-order valence-electron chi connectivity index (χ3n) is 2.81. The third-order valence-corrected chi connectivity index (χ3v) is 2.81. The van der Waals surface area contributed by atoms with Crippen LogP contribution in [0.25, 0.3) is 11.1 Å². The number of methoxy groups -OCH3 is 1. The molecule has 6 heteroatoms. The Morgan fingerprint density at radius 3 is 3.00 bits per heavy atom. The molecule has 1 heterocycles. The Kier molecular flexibility index (Phi) is 3.57. The molecule has 0 bridgehead atoms. The second kappa shape index (κ2) is 5.14. The Morgan fingerprint density at radius 2 is 2.33 bits per heavy atom. The zero-order chi connectivity index (χ0) is 13.1. The highest BCUT2D eigenvalue weighted by molar-refractivity contribution is 5.85. The van der Waals surface area contributed by atoms with E-state index in [9.17, 15) is 4.79 Å². The van der Waals surface area contributed by atoms with Crippen molar-refractivity contribution in [2.45, 2.75) is 19.4 Å². The molecule has 1 aromatic carbocycles. The summed E-state index contributed by atoms with van der Waals surface area (Å²) in [6.45, 7) is 2.65. The van der Waals surface area contributed by atoms with E-state index in [1.165, 1.54) is 0 Å². The number of anilines is 2. The van der Waals surface area contributed by atoms with Crippen LogP contribution < -0.4 is 16.8 Å². The lowest BCUT2D eigenvalue weighted by Gasteiger charge is -2.18. The molecule has 4 N–H and O–H groups in total. The number of hydrogen-bond acceptors (Lipinski definition) is 5. The maximum absolute atomic E-state index is 11.1. The van der Waals surface area contributed by atoms with Gasteiger partial charge < -0.3 is 20.2 Å². The first kappa shape index (κ1) is 12.5. The first-order chi connectivity index (χ1) is 8.63. The van der Waals surface area contributed by atoms with Crippen LogP contribution in [0.4, 0.5) is 11.4 Å². The smallest absolute Gasteiger partial charge is 0.408 e. The molecule has 0 fully saturated rings. The summed E-state index contributed by atoms with van der Waals surface area (Å²) < 4.78 is 10.1. The lowest BCUT2D eigenvalue weighted by Crippen LogP contribution is -2.24. The number of benzene rings is 1. The normalized spacial score (nSPS) is 12.8. The number of nitrogens with one attached hydrogen (secondary N) is 2. The van der Waals surface area contributed by atoms with Crippen molar-refractivity contribution in [1.29, 1.82) is 0 Å². The van der Waals surface area contributed by atoms with Crippen molar-refractivity contribution < 1.29 is 9.15 Å². The van der Waals surface area contributed by atoms with Gasteiger partial charge in [0.2, 0.25) is 0 Å². The van der Waals surface area contributed by atoms with Gasteiger partial charge in [0.1, 0.15) is 0 Å². The average Bonchev–Trinajstić information content (AvgIpc) is 2.68. The molecule has 98 valence electrons. The Hall–Kier alpha value is -1.95. The molecule has 0 saturated carbocycles. The lowest BCUT2D eigenvalue weighted by molar-refractivity contribution is 0.184. The van der Waals surface area contributed by atoms with Crippen LogP contribution in [0.15, 0.2) is 21.3 Å². The number of fused-ring (bicyclic) bond motifs is 1. The van der Waals surface area contributed by atoms with E-state index in [-0.39, 0.29) is 6.04 Å². The molecule has 2 rings (SSSR count). The number of nitrogen functional groups attached to an aromatic ring is 1. The van der Waals surface area contributed by atoms with Gasteiger partial charge in [-0.3, -0.25) is 4.98 Å². The van der Waals surface area contributed by atoms with E-state index < -0.39 is 5.76 Å². The van der Waals surface area contributed by atoms with Gasteiger partial charge >= 0.3 is 5.76 Å². The maximum atomic E-state index is 11.1. The van der Waals surface area contributed by atoms with Gasteiger partial charge in [-0.05, 0) is 12.5 Å². The molecule has 6 nitrogen and oxygen atoms in total. The fourth-order valence-corrected chi connectivity index (χ4v) is 1.82. The molecule has 2 aromatic rings. The predicted molar refractivity (Wildman–Crippen MR) is 70.8 cm³/mol. The number of oxazole rings is 1. The zero-order valence-corrected chi connectivity index (χ0v) is 10.4. The van der Waals surface area contributed by atoms with Crippen molar-refractivity contribution >= 4 is 22.5 Å². The van der Waals surface area contributed by atoms with E-state index in [1.807, 2.05) is 0 Å².